The molecule has 1 amide bonds. The van der Waals surface area contributed by atoms with E-state index < -0.39 is 5.54 Å². The molecular weight excluding hydrogens is 240 g/mol. The number of rotatable bonds is 7. The second-order valence-electron chi connectivity index (χ2n) is 5.10. The van der Waals surface area contributed by atoms with Gasteiger partial charge in [0.15, 0.2) is 0 Å². The van der Waals surface area contributed by atoms with Gasteiger partial charge in [-0.25, -0.2) is 0 Å². The van der Waals surface area contributed by atoms with Crippen LogP contribution in [0.3, 0.4) is 0 Å². The molecule has 0 aromatic heterocycles. The SMILES string of the molecule is CNC(C)(CCCOc1cccc(C)c1C)C(N)=O. The second kappa shape index (κ2) is 6.57. The van der Waals surface area contributed by atoms with Crippen molar-refractivity contribution in [2.24, 2.45) is 5.73 Å². The quantitative estimate of drug-likeness (QED) is 0.740. The summed E-state index contributed by atoms with van der Waals surface area (Å²) in [4.78, 5) is 11.3. The number of hydrogen-bond acceptors (Lipinski definition) is 3. The molecule has 1 unspecified atom stereocenters. The van der Waals surface area contributed by atoms with Gasteiger partial charge in [-0.2, -0.15) is 0 Å². The lowest BCUT2D eigenvalue weighted by Gasteiger charge is -2.25. The zero-order valence-corrected chi connectivity index (χ0v) is 12.2. The van der Waals surface area contributed by atoms with E-state index in [2.05, 4.69) is 18.3 Å². The van der Waals surface area contributed by atoms with E-state index in [0.29, 0.717) is 13.0 Å². The van der Waals surface area contributed by atoms with E-state index >= 15 is 0 Å². The zero-order chi connectivity index (χ0) is 14.5. The molecule has 0 heterocycles. The molecule has 0 radical (unpaired) electrons. The Morgan fingerprint density at radius 1 is 1.42 bits per heavy atom. The third kappa shape index (κ3) is 3.96. The number of carbonyl (C=O) groups excluding carboxylic acids is 1. The largest absolute Gasteiger partial charge is 0.493 e. The summed E-state index contributed by atoms with van der Waals surface area (Å²) in [5.74, 6) is 0.576. The molecular formula is C15H24N2O2. The van der Waals surface area contributed by atoms with Crippen LogP contribution in [0, 0.1) is 13.8 Å². The summed E-state index contributed by atoms with van der Waals surface area (Å²) >= 11 is 0. The zero-order valence-electron chi connectivity index (χ0n) is 12.2. The van der Waals surface area contributed by atoms with Crippen LogP contribution in [0.1, 0.15) is 30.9 Å². The van der Waals surface area contributed by atoms with Gasteiger partial charge in [-0.3, -0.25) is 4.79 Å². The summed E-state index contributed by atoms with van der Waals surface area (Å²) in [5.41, 5.74) is 7.09. The molecule has 19 heavy (non-hydrogen) atoms. The molecule has 1 aromatic rings. The summed E-state index contributed by atoms with van der Waals surface area (Å²) in [6.07, 6.45) is 1.43. The van der Waals surface area contributed by atoms with Gasteiger partial charge >= 0.3 is 0 Å². The number of nitrogens with two attached hydrogens (primary N) is 1. The first kappa shape index (κ1) is 15.5. The Hall–Kier alpha value is -1.55. The molecule has 4 heteroatoms. The number of amides is 1. The Labute approximate surface area is 115 Å². The highest BCUT2D eigenvalue weighted by Gasteiger charge is 2.28. The van der Waals surface area contributed by atoms with E-state index in [0.717, 1.165) is 17.7 Å². The molecule has 0 aliphatic heterocycles. The molecule has 0 spiro atoms. The van der Waals surface area contributed by atoms with Crippen molar-refractivity contribution in [3.05, 3.63) is 29.3 Å². The number of ether oxygens (including phenoxy) is 1. The average Bonchev–Trinajstić information content (AvgIpc) is 2.38. The fourth-order valence-electron chi connectivity index (χ4n) is 1.86. The van der Waals surface area contributed by atoms with Crippen LogP contribution in [0.15, 0.2) is 18.2 Å². The summed E-state index contributed by atoms with van der Waals surface area (Å²) in [6, 6.07) is 6.01. The van der Waals surface area contributed by atoms with Gasteiger partial charge in [0.2, 0.25) is 5.91 Å². The monoisotopic (exact) mass is 264 g/mol. The van der Waals surface area contributed by atoms with E-state index in [1.165, 1.54) is 5.56 Å². The Morgan fingerprint density at radius 3 is 2.68 bits per heavy atom. The van der Waals surface area contributed by atoms with E-state index in [1.807, 2.05) is 26.0 Å². The Kier molecular flexibility index (Phi) is 5.36. The molecule has 0 bridgehead atoms. The van der Waals surface area contributed by atoms with Crippen molar-refractivity contribution in [2.75, 3.05) is 13.7 Å². The number of aryl methyl sites for hydroxylation is 1. The van der Waals surface area contributed by atoms with Crippen LogP contribution >= 0.6 is 0 Å². The molecule has 0 aliphatic rings. The van der Waals surface area contributed by atoms with Gasteiger partial charge in [0.1, 0.15) is 5.75 Å². The minimum atomic E-state index is -0.662. The molecule has 0 saturated heterocycles. The van der Waals surface area contributed by atoms with Gasteiger partial charge in [0, 0.05) is 0 Å². The number of hydrogen-bond donors (Lipinski definition) is 2. The minimum absolute atomic E-state index is 0.332. The molecule has 3 N–H and O–H groups in total. The Balaban J connectivity index is 2.47. The summed E-state index contributed by atoms with van der Waals surface area (Å²) in [6.45, 7) is 6.50. The number of nitrogens with one attached hydrogen (secondary N) is 1. The first-order chi connectivity index (χ1) is 8.90. The smallest absolute Gasteiger partial charge is 0.237 e. The first-order valence-electron chi connectivity index (χ1n) is 6.58. The predicted molar refractivity (Wildman–Crippen MR) is 77.3 cm³/mol. The Morgan fingerprint density at radius 2 is 2.11 bits per heavy atom. The number of benzene rings is 1. The van der Waals surface area contributed by atoms with Crippen LogP contribution in [-0.4, -0.2) is 25.1 Å². The number of likely N-dealkylation sites (N-methyl/N-ethyl adjacent to an activating group) is 1. The highest BCUT2D eigenvalue weighted by molar-refractivity contribution is 5.84. The minimum Gasteiger partial charge on any atom is -0.493 e. The molecule has 0 fully saturated rings. The number of carbonyl (C=O) groups is 1. The van der Waals surface area contributed by atoms with Crippen molar-refractivity contribution in [3.8, 4) is 5.75 Å². The van der Waals surface area contributed by atoms with Crippen LogP contribution in [-0.2, 0) is 4.79 Å². The normalized spacial score (nSPS) is 13.9. The van der Waals surface area contributed by atoms with Crippen LogP contribution in [0.25, 0.3) is 0 Å². The van der Waals surface area contributed by atoms with E-state index in [9.17, 15) is 4.79 Å². The van der Waals surface area contributed by atoms with Crippen molar-refractivity contribution in [1.82, 2.24) is 5.32 Å². The van der Waals surface area contributed by atoms with Crippen LogP contribution in [0.2, 0.25) is 0 Å². The van der Waals surface area contributed by atoms with Crippen molar-refractivity contribution in [1.29, 1.82) is 0 Å². The third-order valence-corrected chi connectivity index (χ3v) is 3.73. The molecule has 1 atom stereocenters. The first-order valence-corrected chi connectivity index (χ1v) is 6.58. The standard InChI is InChI=1S/C15H24N2O2/c1-11-7-5-8-13(12(11)2)19-10-6-9-15(3,17-4)14(16)18/h5,7-8,17H,6,9-10H2,1-4H3,(H2,16,18). The van der Waals surface area contributed by atoms with Crippen molar-refractivity contribution >= 4 is 5.91 Å². The van der Waals surface area contributed by atoms with Gasteiger partial charge in [-0.1, -0.05) is 12.1 Å². The maximum absolute atomic E-state index is 11.3. The molecule has 0 aliphatic carbocycles. The average molecular weight is 264 g/mol. The Bertz CT molecular complexity index is 446. The topological polar surface area (TPSA) is 64.3 Å². The lowest BCUT2D eigenvalue weighted by Crippen LogP contribution is -2.51. The van der Waals surface area contributed by atoms with Gasteiger partial charge in [0.25, 0.3) is 0 Å². The van der Waals surface area contributed by atoms with Gasteiger partial charge in [-0.05, 0) is 57.9 Å². The summed E-state index contributed by atoms with van der Waals surface area (Å²) in [5, 5.41) is 2.97. The van der Waals surface area contributed by atoms with E-state index in [1.54, 1.807) is 7.05 Å². The van der Waals surface area contributed by atoms with Crippen LogP contribution in [0.5, 0.6) is 5.75 Å². The maximum Gasteiger partial charge on any atom is 0.237 e. The fraction of sp³-hybridized carbons (Fsp3) is 0.533. The molecule has 1 rings (SSSR count). The third-order valence-electron chi connectivity index (χ3n) is 3.73. The molecule has 4 nitrogen and oxygen atoms in total. The van der Waals surface area contributed by atoms with Gasteiger partial charge in [-0.15, -0.1) is 0 Å². The van der Waals surface area contributed by atoms with Gasteiger partial charge in [0.05, 0.1) is 12.1 Å². The van der Waals surface area contributed by atoms with Crippen molar-refractivity contribution in [2.45, 2.75) is 39.2 Å². The molecule has 0 saturated carbocycles. The maximum atomic E-state index is 11.3. The highest BCUT2D eigenvalue weighted by Crippen LogP contribution is 2.21. The summed E-state index contributed by atoms with van der Waals surface area (Å²) in [7, 11) is 1.75. The lowest BCUT2D eigenvalue weighted by molar-refractivity contribution is -0.123. The van der Waals surface area contributed by atoms with Crippen LogP contribution in [0.4, 0.5) is 0 Å². The van der Waals surface area contributed by atoms with E-state index in [4.69, 9.17) is 10.5 Å². The predicted octanol–water partition coefficient (Wildman–Crippen LogP) is 1.93. The van der Waals surface area contributed by atoms with Crippen LogP contribution < -0.4 is 15.8 Å². The lowest BCUT2D eigenvalue weighted by atomic mass is 9.95. The fourth-order valence-corrected chi connectivity index (χ4v) is 1.86. The van der Waals surface area contributed by atoms with Crippen molar-refractivity contribution in [3.63, 3.8) is 0 Å². The van der Waals surface area contributed by atoms with Gasteiger partial charge < -0.3 is 15.8 Å². The molecule has 106 valence electrons. The molecule has 1 aromatic carbocycles. The second-order valence-corrected chi connectivity index (χ2v) is 5.10. The summed E-state index contributed by atoms with van der Waals surface area (Å²) < 4.78 is 5.76. The van der Waals surface area contributed by atoms with Crippen molar-refractivity contribution < 1.29 is 9.53 Å². The number of primary amides is 1. The van der Waals surface area contributed by atoms with E-state index in [-0.39, 0.29) is 5.91 Å². The highest BCUT2D eigenvalue weighted by atomic mass is 16.5.